The molecular weight excluding hydrogens is 339 g/mol. The molecule has 0 saturated carbocycles. The second-order valence-corrected chi connectivity index (χ2v) is 5.30. The fourth-order valence-electron chi connectivity index (χ4n) is 1.82. The molecule has 0 N–H and O–H groups in total. The molecule has 2 aromatic rings. The third-order valence-corrected chi connectivity index (χ3v) is 3.59. The van der Waals surface area contributed by atoms with Crippen molar-refractivity contribution in [2.75, 3.05) is 7.11 Å². The summed E-state index contributed by atoms with van der Waals surface area (Å²) < 4.78 is 23.8. The van der Waals surface area contributed by atoms with Gasteiger partial charge in [0.15, 0.2) is 0 Å². The Kier molecular flexibility index (Phi) is 5.47. The molecule has 0 spiro atoms. The van der Waals surface area contributed by atoms with E-state index in [0.29, 0.717) is 22.2 Å². The number of rotatable bonds is 5. The first kappa shape index (κ1) is 15.7. The van der Waals surface area contributed by atoms with Gasteiger partial charge in [-0.05, 0) is 29.8 Å². The summed E-state index contributed by atoms with van der Waals surface area (Å²) in [6.07, 6.45) is 0. The molecule has 0 heterocycles. The molecule has 0 atom stereocenters. The van der Waals surface area contributed by atoms with Crippen molar-refractivity contribution in [1.82, 2.24) is 0 Å². The molecule has 21 heavy (non-hydrogen) atoms. The van der Waals surface area contributed by atoms with E-state index in [0.717, 1.165) is 5.56 Å². The normalized spacial score (nSPS) is 10.4. The van der Waals surface area contributed by atoms with Gasteiger partial charge in [-0.15, -0.1) is 0 Å². The fourth-order valence-corrected chi connectivity index (χ4v) is 2.29. The highest BCUT2D eigenvalue weighted by Gasteiger charge is 2.10. The van der Waals surface area contributed by atoms with Gasteiger partial charge in [0, 0.05) is 17.1 Å². The lowest BCUT2D eigenvalue weighted by atomic mass is 10.1. The lowest BCUT2D eigenvalue weighted by Gasteiger charge is -2.08. The van der Waals surface area contributed by atoms with Gasteiger partial charge < -0.3 is 9.47 Å². The zero-order valence-electron chi connectivity index (χ0n) is 11.4. The Balaban J connectivity index is 2.02. The van der Waals surface area contributed by atoms with Gasteiger partial charge in [-0.3, -0.25) is 0 Å². The molecule has 0 fully saturated rings. The maximum absolute atomic E-state index is 13.0. The van der Waals surface area contributed by atoms with E-state index in [2.05, 4.69) is 15.9 Å². The van der Waals surface area contributed by atoms with Crippen LogP contribution in [0.3, 0.4) is 0 Å². The summed E-state index contributed by atoms with van der Waals surface area (Å²) in [6.45, 7) is 0.513. The van der Waals surface area contributed by atoms with E-state index >= 15 is 0 Å². The van der Waals surface area contributed by atoms with Gasteiger partial charge in [-0.1, -0.05) is 34.1 Å². The summed E-state index contributed by atoms with van der Waals surface area (Å²) in [7, 11) is 1.59. The highest BCUT2D eigenvalue weighted by atomic mass is 79.9. The molecule has 0 radical (unpaired) electrons. The number of carbonyl (C=O) groups is 1. The quantitative estimate of drug-likeness (QED) is 0.760. The molecule has 0 bridgehead atoms. The number of ether oxygens (including phenoxy) is 2. The molecule has 3 nitrogen and oxygen atoms in total. The van der Waals surface area contributed by atoms with Crippen molar-refractivity contribution >= 4 is 21.9 Å². The summed E-state index contributed by atoms with van der Waals surface area (Å²) in [5.74, 6) is -0.770. The van der Waals surface area contributed by atoms with Gasteiger partial charge in [0.2, 0.25) is 0 Å². The Labute approximate surface area is 130 Å². The van der Waals surface area contributed by atoms with E-state index in [4.69, 9.17) is 9.47 Å². The molecule has 0 aliphatic rings. The maximum atomic E-state index is 13.0. The summed E-state index contributed by atoms with van der Waals surface area (Å²) >= 11 is 3.24. The van der Waals surface area contributed by atoms with Crippen molar-refractivity contribution in [2.45, 2.75) is 13.2 Å². The van der Waals surface area contributed by atoms with Crippen LogP contribution in [0, 0.1) is 5.82 Å². The van der Waals surface area contributed by atoms with Gasteiger partial charge in [0.25, 0.3) is 0 Å². The zero-order valence-corrected chi connectivity index (χ0v) is 13.0. The van der Waals surface area contributed by atoms with E-state index in [9.17, 15) is 9.18 Å². The van der Waals surface area contributed by atoms with Crippen molar-refractivity contribution in [3.8, 4) is 0 Å². The number of hydrogen-bond acceptors (Lipinski definition) is 3. The minimum absolute atomic E-state index is 0.0776. The Bertz CT molecular complexity index is 643. The molecule has 0 saturated heterocycles. The first-order valence-corrected chi connectivity index (χ1v) is 7.08. The van der Waals surface area contributed by atoms with Crippen LogP contribution in [0.4, 0.5) is 4.39 Å². The molecule has 0 aromatic heterocycles. The molecule has 0 unspecified atom stereocenters. The van der Waals surface area contributed by atoms with Crippen LogP contribution >= 0.6 is 15.9 Å². The van der Waals surface area contributed by atoms with E-state index in [1.165, 1.54) is 12.1 Å². The van der Waals surface area contributed by atoms with Gasteiger partial charge in [0.05, 0.1) is 12.2 Å². The number of esters is 1. The van der Waals surface area contributed by atoms with E-state index in [1.807, 2.05) is 6.07 Å². The number of carbonyl (C=O) groups excluding carboxylic acids is 1. The van der Waals surface area contributed by atoms with Crippen LogP contribution < -0.4 is 0 Å². The summed E-state index contributed by atoms with van der Waals surface area (Å²) in [6, 6.07) is 11.3. The van der Waals surface area contributed by atoms with Crippen molar-refractivity contribution < 1.29 is 18.7 Å². The fraction of sp³-hybridized carbons (Fsp3) is 0.188. The van der Waals surface area contributed by atoms with Crippen LogP contribution in [0.5, 0.6) is 0 Å². The summed E-state index contributed by atoms with van der Waals surface area (Å²) in [4.78, 5) is 12.0. The number of halogens is 2. The van der Waals surface area contributed by atoms with Crippen LogP contribution in [-0.4, -0.2) is 13.1 Å². The molecular formula is C16H14BrFO3. The van der Waals surface area contributed by atoms with Gasteiger partial charge >= 0.3 is 5.97 Å². The Morgan fingerprint density at radius 1 is 1.19 bits per heavy atom. The lowest BCUT2D eigenvalue weighted by Crippen LogP contribution is -2.06. The summed E-state index contributed by atoms with van der Waals surface area (Å²) in [5, 5.41) is 0. The molecule has 0 aliphatic carbocycles. The number of methoxy groups -OCH3 is 1. The highest BCUT2D eigenvalue weighted by Crippen LogP contribution is 2.19. The van der Waals surface area contributed by atoms with Crippen molar-refractivity contribution in [2.24, 2.45) is 0 Å². The first-order chi connectivity index (χ1) is 10.1. The predicted octanol–water partition coefficient (Wildman–Crippen LogP) is 4.09. The third kappa shape index (κ3) is 4.37. The molecule has 5 heteroatoms. The van der Waals surface area contributed by atoms with Gasteiger partial charge in [-0.25, -0.2) is 9.18 Å². The Morgan fingerprint density at radius 2 is 2.00 bits per heavy atom. The highest BCUT2D eigenvalue weighted by molar-refractivity contribution is 9.10. The predicted molar refractivity (Wildman–Crippen MR) is 80.4 cm³/mol. The lowest BCUT2D eigenvalue weighted by molar-refractivity contribution is 0.0471. The van der Waals surface area contributed by atoms with Crippen molar-refractivity contribution in [3.63, 3.8) is 0 Å². The molecule has 110 valence electrons. The largest absolute Gasteiger partial charge is 0.457 e. The van der Waals surface area contributed by atoms with E-state index in [1.54, 1.807) is 31.4 Å². The van der Waals surface area contributed by atoms with Crippen LogP contribution in [0.1, 0.15) is 21.5 Å². The second kappa shape index (κ2) is 7.33. The molecule has 2 rings (SSSR count). The van der Waals surface area contributed by atoms with E-state index < -0.39 is 5.97 Å². The van der Waals surface area contributed by atoms with Gasteiger partial charge in [-0.2, -0.15) is 0 Å². The van der Waals surface area contributed by atoms with E-state index in [-0.39, 0.29) is 12.4 Å². The van der Waals surface area contributed by atoms with Crippen molar-refractivity contribution in [1.29, 1.82) is 0 Å². The average Bonchev–Trinajstić information content (AvgIpc) is 2.47. The number of hydrogen-bond donors (Lipinski definition) is 0. The SMILES string of the molecule is COCc1cccc(C(=O)OCc2ccc(F)cc2Br)c1. The Morgan fingerprint density at radius 3 is 2.71 bits per heavy atom. The zero-order chi connectivity index (χ0) is 15.2. The van der Waals surface area contributed by atoms with Crippen LogP contribution in [0.2, 0.25) is 0 Å². The average molecular weight is 353 g/mol. The smallest absolute Gasteiger partial charge is 0.338 e. The number of benzene rings is 2. The second-order valence-electron chi connectivity index (χ2n) is 4.45. The molecule has 0 aliphatic heterocycles. The van der Waals surface area contributed by atoms with Crippen LogP contribution in [0.15, 0.2) is 46.9 Å². The van der Waals surface area contributed by atoms with Crippen LogP contribution in [-0.2, 0) is 22.7 Å². The standard InChI is InChI=1S/C16H14BrFO3/c1-20-9-11-3-2-4-12(7-11)16(19)21-10-13-5-6-14(18)8-15(13)17/h2-8H,9-10H2,1H3. The Hall–Kier alpha value is -1.72. The minimum atomic E-state index is -0.427. The first-order valence-electron chi connectivity index (χ1n) is 6.29. The van der Waals surface area contributed by atoms with Crippen LogP contribution in [0.25, 0.3) is 0 Å². The molecule has 2 aromatic carbocycles. The molecule has 0 amide bonds. The summed E-state index contributed by atoms with van der Waals surface area (Å²) in [5.41, 5.74) is 2.07. The third-order valence-electron chi connectivity index (χ3n) is 2.85. The van der Waals surface area contributed by atoms with Gasteiger partial charge in [0.1, 0.15) is 12.4 Å². The monoisotopic (exact) mass is 352 g/mol. The topological polar surface area (TPSA) is 35.5 Å². The van der Waals surface area contributed by atoms with Crippen molar-refractivity contribution in [3.05, 3.63) is 69.4 Å². The minimum Gasteiger partial charge on any atom is -0.457 e. The maximum Gasteiger partial charge on any atom is 0.338 e.